The van der Waals surface area contributed by atoms with Crippen LogP contribution in [0.25, 0.3) is 10.9 Å². The topological polar surface area (TPSA) is 15.8 Å². The van der Waals surface area contributed by atoms with E-state index in [0.717, 1.165) is 11.4 Å². The zero-order chi connectivity index (χ0) is 11.7. The lowest BCUT2D eigenvalue weighted by Gasteiger charge is -1.99. The fraction of sp³-hybridized carbons (Fsp3) is 0.0667. The van der Waals surface area contributed by atoms with Crippen molar-refractivity contribution in [2.75, 3.05) is 0 Å². The van der Waals surface area contributed by atoms with Gasteiger partial charge in [-0.25, -0.2) is 0 Å². The highest BCUT2D eigenvalue weighted by Gasteiger charge is 2.01. The highest BCUT2D eigenvalue weighted by molar-refractivity contribution is 6.30. The van der Waals surface area contributed by atoms with Crippen molar-refractivity contribution in [3.05, 3.63) is 70.9 Å². The second kappa shape index (κ2) is 4.27. The molecule has 0 radical (unpaired) electrons. The average molecular weight is 242 g/mol. The van der Waals surface area contributed by atoms with Gasteiger partial charge in [0.15, 0.2) is 0 Å². The summed E-state index contributed by atoms with van der Waals surface area (Å²) in [7, 11) is 0. The van der Waals surface area contributed by atoms with Crippen LogP contribution in [0.15, 0.2) is 54.6 Å². The Kier molecular flexibility index (Phi) is 2.62. The Balaban J connectivity index is 1.94. The van der Waals surface area contributed by atoms with Gasteiger partial charge in [0.05, 0.1) is 0 Å². The Labute approximate surface area is 105 Å². The number of fused-ring (bicyclic) bond motifs is 1. The number of benzene rings is 2. The summed E-state index contributed by atoms with van der Waals surface area (Å²) >= 11 is 5.98. The van der Waals surface area contributed by atoms with Crippen molar-refractivity contribution in [2.24, 2.45) is 0 Å². The van der Waals surface area contributed by atoms with Gasteiger partial charge >= 0.3 is 0 Å². The van der Waals surface area contributed by atoms with Crippen LogP contribution < -0.4 is 0 Å². The van der Waals surface area contributed by atoms with Gasteiger partial charge in [-0.2, -0.15) is 0 Å². The van der Waals surface area contributed by atoms with E-state index in [0.29, 0.717) is 0 Å². The summed E-state index contributed by atoms with van der Waals surface area (Å²) in [6.07, 6.45) is 0.884. The zero-order valence-corrected chi connectivity index (χ0v) is 10.0. The van der Waals surface area contributed by atoms with Crippen LogP contribution in [0, 0.1) is 0 Å². The average Bonchev–Trinajstić information content (AvgIpc) is 2.71. The molecule has 1 N–H and O–H groups in total. The molecule has 0 saturated heterocycles. The monoisotopic (exact) mass is 241 g/mol. The summed E-state index contributed by atoms with van der Waals surface area (Å²) in [4.78, 5) is 3.42. The maximum atomic E-state index is 5.98. The van der Waals surface area contributed by atoms with Gasteiger partial charge in [0.1, 0.15) is 0 Å². The molecule has 3 aromatic rings. The first-order valence-electron chi connectivity index (χ1n) is 5.62. The van der Waals surface area contributed by atoms with Crippen LogP contribution in [0.5, 0.6) is 0 Å². The van der Waals surface area contributed by atoms with E-state index < -0.39 is 0 Å². The van der Waals surface area contributed by atoms with Gasteiger partial charge < -0.3 is 4.98 Å². The molecule has 3 rings (SSSR count). The Bertz CT molecular complexity index is 622. The predicted molar refractivity (Wildman–Crippen MR) is 72.6 cm³/mol. The molecule has 0 fully saturated rings. The molecule has 2 heteroatoms. The number of aromatic amines is 1. The number of rotatable bonds is 2. The van der Waals surface area contributed by atoms with Crippen molar-refractivity contribution in [1.29, 1.82) is 0 Å². The lowest BCUT2D eigenvalue weighted by Crippen LogP contribution is -1.87. The molecule has 0 saturated carbocycles. The van der Waals surface area contributed by atoms with E-state index in [-0.39, 0.29) is 0 Å². The number of H-pyrrole nitrogens is 1. The summed E-state index contributed by atoms with van der Waals surface area (Å²) in [5.74, 6) is 0. The van der Waals surface area contributed by atoms with Crippen molar-refractivity contribution in [1.82, 2.24) is 4.98 Å². The molecule has 0 aliphatic heterocycles. The van der Waals surface area contributed by atoms with E-state index in [2.05, 4.69) is 35.3 Å². The van der Waals surface area contributed by atoms with E-state index in [9.17, 15) is 0 Å². The first-order chi connectivity index (χ1) is 8.31. The lowest BCUT2D eigenvalue weighted by molar-refractivity contribution is 1.12. The zero-order valence-electron chi connectivity index (χ0n) is 9.28. The van der Waals surface area contributed by atoms with Gasteiger partial charge in [0.2, 0.25) is 0 Å². The van der Waals surface area contributed by atoms with E-state index in [4.69, 9.17) is 11.6 Å². The van der Waals surface area contributed by atoms with Gasteiger partial charge in [-0.1, -0.05) is 41.9 Å². The Morgan fingerprint density at radius 2 is 1.82 bits per heavy atom. The number of nitrogens with one attached hydrogen (secondary N) is 1. The van der Waals surface area contributed by atoms with E-state index in [1.165, 1.54) is 22.2 Å². The summed E-state index contributed by atoms with van der Waals surface area (Å²) in [6, 6.07) is 18.5. The molecule has 0 atom stereocenters. The number of aromatic nitrogens is 1. The second-order valence-electron chi connectivity index (χ2n) is 4.19. The molecule has 0 amide bonds. The molecule has 1 nitrogen and oxygen atoms in total. The van der Waals surface area contributed by atoms with E-state index in [1.54, 1.807) is 0 Å². The SMILES string of the molecule is Clc1cccc(Cc2cc3ccccc3[nH]2)c1. The van der Waals surface area contributed by atoms with Gasteiger partial charge in [-0.3, -0.25) is 0 Å². The van der Waals surface area contributed by atoms with Crippen molar-refractivity contribution < 1.29 is 0 Å². The first kappa shape index (κ1) is 10.4. The minimum absolute atomic E-state index is 0.790. The van der Waals surface area contributed by atoms with Crippen LogP contribution in [0.3, 0.4) is 0 Å². The van der Waals surface area contributed by atoms with Crippen molar-refractivity contribution in [2.45, 2.75) is 6.42 Å². The van der Waals surface area contributed by atoms with Gasteiger partial charge in [-0.15, -0.1) is 0 Å². The molecule has 17 heavy (non-hydrogen) atoms. The fourth-order valence-electron chi connectivity index (χ4n) is 2.10. The number of halogens is 1. The smallest absolute Gasteiger partial charge is 0.0456 e. The highest BCUT2D eigenvalue weighted by Crippen LogP contribution is 2.18. The molecule has 2 aromatic carbocycles. The largest absolute Gasteiger partial charge is 0.358 e. The first-order valence-corrected chi connectivity index (χ1v) is 6.00. The van der Waals surface area contributed by atoms with Gasteiger partial charge in [0.25, 0.3) is 0 Å². The quantitative estimate of drug-likeness (QED) is 0.684. The second-order valence-corrected chi connectivity index (χ2v) is 4.62. The molecular weight excluding hydrogens is 230 g/mol. The van der Waals surface area contributed by atoms with Crippen LogP contribution in [0.4, 0.5) is 0 Å². The number of para-hydroxylation sites is 1. The third kappa shape index (κ3) is 2.20. The summed E-state index contributed by atoms with van der Waals surface area (Å²) in [6.45, 7) is 0. The molecule has 84 valence electrons. The molecule has 0 unspecified atom stereocenters. The molecule has 1 heterocycles. The molecule has 0 aliphatic carbocycles. The van der Waals surface area contributed by atoms with Crippen LogP contribution in [-0.2, 0) is 6.42 Å². The highest BCUT2D eigenvalue weighted by atomic mass is 35.5. The predicted octanol–water partition coefficient (Wildman–Crippen LogP) is 4.41. The minimum Gasteiger partial charge on any atom is -0.358 e. The molecule has 0 spiro atoms. The van der Waals surface area contributed by atoms with Crippen LogP contribution >= 0.6 is 11.6 Å². The normalized spacial score (nSPS) is 10.9. The third-order valence-corrected chi connectivity index (χ3v) is 3.10. The Hall–Kier alpha value is -1.73. The van der Waals surface area contributed by atoms with E-state index in [1.807, 2.05) is 24.3 Å². The number of hydrogen-bond acceptors (Lipinski definition) is 0. The summed E-state index contributed by atoms with van der Waals surface area (Å²) < 4.78 is 0. The summed E-state index contributed by atoms with van der Waals surface area (Å²) in [5, 5.41) is 2.04. The maximum Gasteiger partial charge on any atom is 0.0456 e. The molecule has 0 aliphatic rings. The number of hydrogen-bond donors (Lipinski definition) is 1. The van der Waals surface area contributed by atoms with Crippen LogP contribution in [0.2, 0.25) is 5.02 Å². The standard InChI is InChI=1S/C15H12ClN/c16-13-6-3-4-11(8-13)9-14-10-12-5-1-2-7-15(12)17-14/h1-8,10,17H,9H2. The Morgan fingerprint density at radius 1 is 0.941 bits per heavy atom. The molecule has 0 bridgehead atoms. The molecular formula is C15H12ClN. The minimum atomic E-state index is 0.790. The maximum absolute atomic E-state index is 5.98. The van der Waals surface area contributed by atoms with E-state index >= 15 is 0 Å². The van der Waals surface area contributed by atoms with Gasteiger partial charge in [-0.05, 0) is 35.2 Å². The fourth-order valence-corrected chi connectivity index (χ4v) is 2.31. The van der Waals surface area contributed by atoms with Crippen molar-refractivity contribution >= 4 is 22.5 Å². The lowest BCUT2D eigenvalue weighted by atomic mass is 10.1. The van der Waals surface area contributed by atoms with Crippen LogP contribution in [-0.4, -0.2) is 4.98 Å². The molecule has 1 aromatic heterocycles. The van der Waals surface area contributed by atoms with Crippen molar-refractivity contribution in [3.8, 4) is 0 Å². The Morgan fingerprint density at radius 3 is 2.65 bits per heavy atom. The third-order valence-electron chi connectivity index (χ3n) is 2.87. The van der Waals surface area contributed by atoms with Crippen LogP contribution in [0.1, 0.15) is 11.3 Å². The van der Waals surface area contributed by atoms with Gasteiger partial charge in [0, 0.05) is 22.7 Å². The van der Waals surface area contributed by atoms with Crippen molar-refractivity contribution in [3.63, 3.8) is 0 Å². The summed E-state index contributed by atoms with van der Waals surface area (Å²) in [5.41, 5.74) is 3.63.